The number of methoxy groups -OCH3 is 1. The summed E-state index contributed by atoms with van der Waals surface area (Å²) >= 11 is 0. The molecule has 6 nitrogen and oxygen atoms in total. The molecule has 2 aromatic rings. The maximum atomic E-state index is 12.5. The number of para-hydroxylation sites is 3. The highest BCUT2D eigenvalue weighted by Gasteiger charge is 2.32. The molecule has 0 aromatic heterocycles. The number of carbonyl (C=O) groups is 1. The smallest absolute Gasteiger partial charge is 0.225 e. The lowest BCUT2D eigenvalue weighted by atomic mass is 10.1. The molecule has 152 valence electrons. The fourth-order valence-corrected chi connectivity index (χ4v) is 3.93. The van der Waals surface area contributed by atoms with Crippen LogP contribution in [-0.4, -0.2) is 54.3 Å². The van der Waals surface area contributed by atoms with Crippen molar-refractivity contribution in [1.82, 2.24) is 9.80 Å². The van der Waals surface area contributed by atoms with Gasteiger partial charge in [-0.25, -0.2) is 4.99 Å². The molecule has 2 aliphatic heterocycles. The number of aliphatic imine (C=N–C) groups is 1. The van der Waals surface area contributed by atoms with Crippen LogP contribution in [0, 0.1) is 5.92 Å². The van der Waals surface area contributed by atoms with E-state index in [4.69, 9.17) is 14.5 Å². The second-order valence-electron chi connectivity index (χ2n) is 7.82. The Morgan fingerprint density at radius 1 is 1.17 bits per heavy atom. The Balaban J connectivity index is 1.73. The first-order valence-corrected chi connectivity index (χ1v) is 10.1. The Bertz CT molecular complexity index is 954. The molecule has 0 saturated carbocycles. The van der Waals surface area contributed by atoms with Gasteiger partial charge in [-0.3, -0.25) is 4.79 Å². The van der Waals surface area contributed by atoms with Crippen molar-refractivity contribution in [2.24, 2.45) is 10.9 Å². The lowest BCUT2D eigenvalue weighted by molar-refractivity contribution is -0.138. The van der Waals surface area contributed by atoms with Crippen LogP contribution in [0.1, 0.15) is 26.3 Å². The van der Waals surface area contributed by atoms with Crippen LogP contribution >= 0.6 is 0 Å². The van der Waals surface area contributed by atoms with E-state index in [0.717, 1.165) is 30.2 Å². The van der Waals surface area contributed by atoms with Crippen molar-refractivity contribution in [3.63, 3.8) is 0 Å². The molecule has 1 amide bonds. The van der Waals surface area contributed by atoms with Crippen LogP contribution in [-0.2, 0) is 4.79 Å². The second kappa shape index (κ2) is 7.78. The van der Waals surface area contributed by atoms with Gasteiger partial charge >= 0.3 is 0 Å². The average Bonchev–Trinajstić information content (AvgIpc) is 2.89. The molecule has 1 fully saturated rings. The van der Waals surface area contributed by atoms with Crippen molar-refractivity contribution in [3.8, 4) is 17.2 Å². The number of amidine groups is 1. The lowest BCUT2D eigenvalue weighted by Crippen LogP contribution is -2.56. The standard InChI is InChI=1S/C23H27N3O3/c1-15(2)23(27)26-13-12-25(14-16(26)3)22-17-8-7-11-20(28-4)21(17)29-19-10-6-5-9-18(19)24-22/h5-11,15-16H,12-14H2,1-4H3. The summed E-state index contributed by atoms with van der Waals surface area (Å²) < 4.78 is 11.8. The summed E-state index contributed by atoms with van der Waals surface area (Å²) in [7, 11) is 1.64. The molecule has 0 aliphatic carbocycles. The van der Waals surface area contributed by atoms with Crippen LogP contribution in [0.2, 0.25) is 0 Å². The zero-order chi connectivity index (χ0) is 20.5. The SMILES string of the molecule is COc1cccc2c1Oc1ccccc1N=C2N1CCN(C(=O)C(C)C)C(C)C1. The number of carbonyl (C=O) groups excluding carboxylic acids is 1. The molecule has 0 spiro atoms. The van der Waals surface area contributed by atoms with Gasteiger partial charge < -0.3 is 19.3 Å². The molecule has 2 aliphatic rings. The van der Waals surface area contributed by atoms with Crippen molar-refractivity contribution in [2.75, 3.05) is 26.7 Å². The third-order valence-electron chi connectivity index (χ3n) is 5.45. The Kier molecular flexibility index (Phi) is 5.18. The first-order chi connectivity index (χ1) is 14.0. The summed E-state index contributed by atoms with van der Waals surface area (Å²) in [5, 5.41) is 0. The van der Waals surface area contributed by atoms with Gasteiger partial charge in [0.1, 0.15) is 11.5 Å². The fourth-order valence-electron chi connectivity index (χ4n) is 3.93. The van der Waals surface area contributed by atoms with E-state index >= 15 is 0 Å². The zero-order valence-electron chi connectivity index (χ0n) is 17.4. The van der Waals surface area contributed by atoms with Crippen LogP contribution in [0.4, 0.5) is 5.69 Å². The normalized spacial score (nSPS) is 18.4. The topological polar surface area (TPSA) is 54.4 Å². The Morgan fingerprint density at radius 3 is 2.69 bits per heavy atom. The number of fused-ring (bicyclic) bond motifs is 2. The molecule has 1 atom stereocenters. The summed E-state index contributed by atoms with van der Waals surface area (Å²) in [6.45, 7) is 8.12. The molecule has 0 bridgehead atoms. The number of rotatable bonds is 2. The van der Waals surface area contributed by atoms with Crippen LogP contribution in [0.25, 0.3) is 0 Å². The highest BCUT2D eigenvalue weighted by Crippen LogP contribution is 2.42. The van der Waals surface area contributed by atoms with Crippen molar-refractivity contribution in [2.45, 2.75) is 26.8 Å². The van der Waals surface area contributed by atoms with Gasteiger partial charge in [0, 0.05) is 31.6 Å². The third-order valence-corrected chi connectivity index (χ3v) is 5.45. The highest BCUT2D eigenvalue weighted by atomic mass is 16.5. The quantitative estimate of drug-likeness (QED) is 0.772. The molecule has 1 unspecified atom stereocenters. The Morgan fingerprint density at radius 2 is 1.97 bits per heavy atom. The van der Waals surface area contributed by atoms with E-state index < -0.39 is 0 Å². The summed E-state index contributed by atoms with van der Waals surface area (Å²) in [6, 6.07) is 13.7. The van der Waals surface area contributed by atoms with Gasteiger partial charge in [-0.2, -0.15) is 0 Å². The van der Waals surface area contributed by atoms with Crippen molar-refractivity contribution < 1.29 is 14.3 Å². The predicted octanol–water partition coefficient (Wildman–Crippen LogP) is 4.07. The van der Waals surface area contributed by atoms with Crippen LogP contribution < -0.4 is 9.47 Å². The van der Waals surface area contributed by atoms with Crippen molar-refractivity contribution in [3.05, 3.63) is 48.0 Å². The highest BCUT2D eigenvalue weighted by molar-refractivity contribution is 6.04. The molecular formula is C23H27N3O3. The minimum atomic E-state index is 0.00415. The minimum absolute atomic E-state index is 0.00415. The molecule has 0 radical (unpaired) electrons. The van der Waals surface area contributed by atoms with Gasteiger partial charge in [0.25, 0.3) is 0 Å². The van der Waals surface area contributed by atoms with Gasteiger partial charge in [0.15, 0.2) is 17.2 Å². The number of nitrogens with zero attached hydrogens (tertiary/aromatic N) is 3. The monoisotopic (exact) mass is 393 g/mol. The molecule has 2 heterocycles. The van der Waals surface area contributed by atoms with E-state index in [1.807, 2.05) is 61.2 Å². The number of amides is 1. The van der Waals surface area contributed by atoms with Gasteiger partial charge in [-0.05, 0) is 31.2 Å². The first kappa shape index (κ1) is 19.3. The van der Waals surface area contributed by atoms with E-state index in [0.29, 0.717) is 23.8 Å². The molecule has 0 N–H and O–H groups in total. The molecule has 2 aromatic carbocycles. The van der Waals surface area contributed by atoms with E-state index in [9.17, 15) is 4.79 Å². The molecule has 6 heteroatoms. The third kappa shape index (κ3) is 3.55. The van der Waals surface area contributed by atoms with Crippen LogP contribution in [0.15, 0.2) is 47.5 Å². The minimum Gasteiger partial charge on any atom is -0.493 e. The summed E-state index contributed by atoms with van der Waals surface area (Å²) in [5.74, 6) is 3.11. The van der Waals surface area contributed by atoms with Gasteiger partial charge in [0.05, 0.1) is 12.7 Å². The first-order valence-electron chi connectivity index (χ1n) is 10.1. The number of hydrogen-bond acceptors (Lipinski definition) is 5. The molecule has 29 heavy (non-hydrogen) atoms. The van der Waals surface area contributed by atoms with Gasteiger partial charge in [0.2, 0.25) is 5.91 Å². The number of piperazine rings is 1. The van der Waals surface area contributed by atoms with Crippen LogP contribution in [0.3, 0.4) is 0 Å². The number of benzene rings is 2. The fraction of sp³-hybridized carbons (Fsp3) is 0.391. The van der Waals surface area contributed by atoms with Gasteiger partial charge in [-0.15, -0.1) is 0 Å². The Labute approximate surface area is 171 Å². The van der Waals surface area contributed by atoms with E-state index in [-0.39, 0.29) is 17.9 Å². The average molecular weight is 393 g/mol. The zero-order valence-corrected chi connectivity index (χ0v) is 17.4. The summed E-state index contributed by atoms with van der Waals surface area (Å²) in [6.07, 6.45) is 0. The Hall–Kier alpha value is -3.02. The molecule has 1 saturated heterocycles. The maximum Gasteiger partial charge on any atom is 0.225 e. The second-order valence-corrected chi connectivity index (χ2v) is 7.82. The van der Waals surface area contributed by atoms with E-state index in [1.54, 1.807) is 7.11 Å². The lowest BCUT2D eigenvalue weighted by Gasteiger charge is -2.42. The van der Waals surface area contributed by atoms with Crippen LogP contribution in [0.5, 0.6) is 17.2 Å². The summed E-state index contributed by atoms with van der Waals surface area (Å²) in [4.78, 5) is 21.7. The number of ether oxygens (including phenoxy) is 2. The van der Waals surface area contributed by atoms with Crippen molar-refractivity contribution >= 4 is 17.4 Å². The predicted molar refractivity (Wildman–Crippen MR) is 113 cm³/mol. The van der Waals surface area contributed by atoms with E-state index in [1.165, 1.54) is 0 Å². The largest absolute Gasteiger partial charge is 0.493 e. The van der Waals surface area contributed by atoms with E-state index in [2.05, 4.69) is 11.8 Å². The van der Waals surface area contributed by atoms with Gasteiger partial charge in [-0.1, -0.05) is 32.0 Å². The molecular weight excluding hydrogens is 366 g/mol. The molecule has 4 rings (SSSR count). The number of hydrogen-bond donors (Lipinski definition) is 0. The van der Waals surface area contributed by atoms with Crippen molar-refractivity contribution in [1.29, 1.82) is 0 Å². The maximum absolute atomic E-state index is 12.5. The summed E-state index contributed by atoms with van der Waals surface area (Å²) in [5.41, 5.74) is 1.69.